The monoisotopic (exact) mass is 408 g/mol. The molecule has 4 rings (SSSR count). The lowest BCUT2D eigenvalue weighted by Gasteiger charge is -2.27. The van der Waals surface area contributed by atoms with E-state index < -0.39 is 0 Å². The van der Waals surface area contributed by atoms with Crippen LogP contribution in [0.2, 0.25) is 0 Å². The summed E-state index contributed by atoms with van der Waals surface area (Å²) in [5.74, 6) is 0.491. The second-order valence-electron chi connectivity index (χ2n) is 6.46. The van der Waals surface area contributed by atoms with Crippen LogP contribution >= 0.6 is 11.8 Å². The van der Waals surface area contributed by atoms with Crippen LogP contribution in [0.5, 0.6) is 0 Å². The Morgan fingerprint density at radius 3 is 2.69 bits per heavy atom. The molecule has 8 nitrogen and oxygen atoms in total. The maximum absolute atomic E-state index is 12.5. The van der Waals surface area contributed by atoms with Gasteiger partial charge in [0, 0.05) is 36.7 Å². The van der Waals surface area contributed by atoms with Gasteiger partial charge in [-0.05, 0) is 42.7 Å². The Kier molecular flexibility index (Phi) is 5.48. The van der Waals surface area contributed by atoms with Gasteiger partial charge in [0.25, 0.3) is 5.91 Å². The first kappa shape index (κ1) is 19.0. The molecule has 1 saturated heterocycles. The number of pyridine rings is 1. The molecule has 1 fully saturated rings. The molecule has 0 spiro atoms. The Bertz CT molecular complexity index is 1020. The highest BCUT2D eigenvalue weighted by molar-refractivity contribution is 7.98. The maximum atomic E-state index is 12.5. The molecule has 1 aliphatic rings. The van der Waals surface area contributed by atoms with E-state index >= 15 is 0 Å². The largest absolute Gasteiger partial charge is 0.353 e. The average Bonchev–Trinajstić information content (AvgIpc) is 3.23. The predicted octanol–water partition coefficient (Wildman–Crippen LogP) is 2.18. The quantitative estimate of drug-likeness (QED) is 0.629. The van der Waals surface area contributed by atoms with Gasteiger partial charge in [0.05, 0.1) is 18.4 Å². The van der Waals surface area contributed by atoms with E-state index in [2.05, 4.69) is 20.6 Å². The second-order valence-corrected chi connectivity index (χ2v) is 7.23. The number of aromatic nitrogens is 3. The van der Waals surface area contributed by atoms with E-state index in [4.69, 9.17) is 0 Å². The van der Waals surface area contributed by atoms with Gasteiger partial charge in [-0.3, -0.25) is 14.2 Å². The number of benzene rings is 1. The van der Waals surface area contributed by atoms with E-state index in [0.717, 1.165) is 10.8 Å². The molecule has 0 aliphatic carbocycles. The topological polar surface area (TPSA) is 92.2 Å². The van der Waals surface area contributed by atoms with E-state index in [1.165, 1.54) is 0 Å². The molecule has 2 N–H and O–H groups in total. The van der Waals surface area contributed by atoms with Crippen molar-refractivity contribution in [2.75, 3.05) is 36.1 Å². The zero-order chi connectivity index (χ0) is 20.2. The smallest absolute Gasteiger partial charge is 0.255 e. The Balaban J connectivity index is 1.42. The van der Waals surface area contributed by atoms with Crippen molar-refractivity contribution in [3.05, 3.63) is 60.6 Å². The summed E-state index contributed by atoms with van der Waals surface area (Å²) in [5.41, 5.74) is 2.10. The molecule has 3 heterocycles. The molecule has 0 bridgehead atoms. The summed E-state index contributed by atoms with van der Waals surface area (Å²) in [5, 5.41) is 6.52. The molecule has 9 heteroatoms. The molecule has 148 valence electrons. The van der Waals surface area contributed by atoms with Crippen LogP contribution in [0.15, 0.2) is 60.1 Å². The summed E-state index contributed by atoms with van der Waals surface area (Å²) in [4.78, 5) is 34.6. The zero-order valence-corrected chi connectivity index (χ0v) is 16.6. The Hall–Kier alpha value is -3.33. The van der Waals surface area contributed by atoms with Gasteiger partial charge in [0.1, 0.15) is 5.82 Å². The molecule has 0 unspecified atom stereocenters. The highest BCUT2D eigenvalue weighted by atomic mass is 32.2. The highest BCUT2D eigenvalue weighted by Gasteiger charge is 2.17. The minimum atomic E-state index is -0.209. The number of piperazine rings is 1. The predicted molar refractivity (Wildman–Crippen MR) is 113 cm³/mol. The van der Waals surface area contributed by atoms with Crippen molar-refractivity contribution >= 4 is 35.1 Å². The third kappa shape index (κ3) is 4.24. The van der Waals surface area contributed by atoms with Crippen molar-refractivity contribution in [2.45, 2.75) is 5.16 Å². The lowest BCUT2D eigenvalue weighted by molar-refractivity contribution is -0.120. The van der Waals surface area contributed by atoms with Crippen LogP contribution in [0.4, 0.5) is 11.5 Å². The fraction of sp³-hybridized carbons (Fsp3) is 0.200. The standard InChI is InChI=1S/C20H20N6O2S/c1-29-20-22-9-11-26(20)16-5-2-14(3-6-16)19(28)24-15-4-7-17(23-12-15)25-10-8-21-18(27)13-25/h2-7,9,11-12H,8,10,13H2,1H3,(H,21,27)(H,24,28). The van der Waals surface area contributed by atoms with Crippen LogP contribution < -0.4 is 15.5 Å². The number of hydrogen-bond donors (Lipinski definition) is 2. The lowest BCUT2D eigenvalue weighted by atomic mass is 10.2. The summed E-state index contributed by atoms with van der Waals surface area (Å²) >= 11 is 1.56. The number of anilines is 2. The number of rotatable bonds is 5. The third-order valence-corrected chi connectivity index (χ3v) is 5.23. The summed E-state index contributed by atoms with van der Waals surface area (Å²) in [7, 11) is 0. The van der Waals surface area contributed by atoms with Crippen LogP contribution in [0.25, 0.3) is 5.69 Å². The zero-order valence-electron chi connectivity index (χ0n) is 15.8. The lowest BCUT2D eigenvalue weighted by Crippen LogP contribution is -2.48. The van der Waals surface area contributed by atoms with Gasteiger partial charge in [-0.15, -0.1) is 0 Å². The first-order chi connectivity index (χ1) is 14.1. The number of carbonyl (C=O) groups is 2. The minimum absolute atomic E-state index is 0.0146. The Labute approximate surface area is 172 Å². The first-order valence-electron chi connectivity index (χ1n) is 9.11. The molecule has 2 aromatic heterocycles. The van der Waals surface area contributed by atoms with E-state index in [0.29, 0.717) is 36.7 Å². The van der Waals surface area contributed by atoms with Crippen molar-refractivity contribution in [3.8, 4) is 5.69 Å². The number of thioether (sulfide) groups is 1. The summed E-state index contributed by atoms with van der Waals surface area (Å²) < 4.78 is 1.97. The third-order valence-electron chi connectivity index (χ3n) is 4.57. The van der Waals surface area contributed by atoms with Crippen molar-refractivity contribution in [3.63, 3.8) is 0 Å². The number of amides is 2. The molecule has 0 saturated carbocycles. The number of carbonyl (C=O) groups excluding carboxylic acids is 2. The van der Waals surface area contributed by atoms with Gasteiger partial charge >= 0.3 is 0 Å². The van der Waals surface area contributed by atoms with Crippen LogP contribution in [-0.2, 0) is 4.79 Å². The molecule has 29 heavy (non-hydrogen) atoms. The van der Waals surface area contributed by atoms with Crippen molar-refractivity contribution in [1.82, 2.24) is 19.9 Å². The molecule has 0 radical (unpaired) electrons. The van der Waals surface area contributed by atoms with Gasteiger partial charge in [-0.25, -0.2) is 9.97 Å². The average molecular weight is 408 g/mol. The molecule has 0 atom stereocenters. The van der Waals surface area contributed by atoms with Gasteiger partial charge < -0.3 is 15.5 Å². The molecular formula is C20H20N6O2S. The van der Waals surface area contributed by atoms with Crippen LogP contribution in [-0.4, -0.2) is 52.2 Å². The SMILES string of the molecule is CSc1nccn1-c1ccc(C(=O)Nc2ccc(N3CCNC(=O)C3)nc2)cc1. The van der Waals surface area contributed by atoms with Crippen LogP contribution in [0.1, 0.15) is 10.4 Å². The molecule has 2 amide bonds. The van der Waals surface area contributed by atoms with Crippen LogP contribution in [0.3, 0.4) is 0 Å². The van der Waals surface area contributed by atoms with Crippen molar-refractivity contribution < 1.29 is 9.59 Å². The highest BCUT2D eigenvalue weighted by Crippen LogP contribution is 2.19. The normalized spacial score (nSPS) is 13.8. The molecular weight excluding hydrogens is 388 g/mol. The van der Waals surface area contributed by atoms with Gasteiger partial charge in [-0.1, -0.05) is 11.8 Å². The minimum Gasteiger partial charge on any atom is -0.353 e. The fourth-order valence-electron chi connectivity index (χ4n) is 3.10. The maximum Gasteiger partial charge on any atom is 0.255 e. The van der Waals surface area contributed by atoms with E-state index in [-0.39, 0.29) is 11.8 Å². The van der Waals surface area contributed by atoms with Crippen molar-refractivity contribution in [1.29, 1.82) is 0 Å². The number of imidazole rings is 1. The van der Waals surface area contributed by atoms with E-state index in [1.54, 1.807) is 48.4 Å². The Morgan fingerprint density at radius 2 is 2.00 bits per heavy atom. The number of nitrogens with one attached hydrogen (secondary N) is 2. The van der Waals surface area contributed by atoms with E-state index in [1.807, 2.05) is 34.1 Å². The summed E-state index contributed by atoms with van der Waals surface area (Å²) in [6.07, 6.45) is 7.21. The second kappa shape index (κ2) is 8.36. The number of nitrogens with zero attached hydrogens (tertiary/aromatic N) is 4. The van der Waals surface area contributed by atoms with Gasteiger partial charge in [-0.2, -0.15) is 0 Å². The molecule has 1 aliphatic heterocycles. The molecule has 3 aromatic rings. The van der Waals surface area contributed by atoms with Gasteiger partial charge in [0.2, 0.25) is 5.91 Å². The first-order valence-corrected chi connectivity index (χ1v) is 10.3. The van der Waals surface area contributed by atoms with Crippen LogP contribution in [0, 0.1) is 0 Å². The Morgan fingerprint density at radius 1 is 1.17 bits per heavy atom. The van der Waals surface area contributed by atoms with E-state index in [9.17, 15) is 9.59 Å². The fourth-order valence-corrected chi connectivity index (χ4v) is 3.62. The van der Waals surface area contributed by atoms with Gasteiger partial charge in [0.15, 0.2) is 5.16 Å². The summed E-state index contributed by atoms with van der Waals surface area (Å²) in [6.45, 7) is 1.61. The summed E-state index contributed by atoms with van der Waals surface area (Å²) in [6, 6.07) is 10.9. The van der Waals surface area contributed by atoms with Crippen molar-refractivity contribution in [2.24, 2.45) is 0 Å². The number of hydrogen-bond acceptors (Lipinski definition) is 6. The molecule has 1 aromatic carbocycles.